The van der Waals surface area contributed by atoms with Crippen molar-refractivity contribution in [3.05, 3.63) is 23.0 Å². The van der Waals surface area contributed by atoms with Gasteiger partial charge in [0, 0.05) is 38.3 Å². The Bertz CT molecular complexity index is 480. The first-order valence-electron chi connectivity index (χ1n) is 7.38. The summed E-state index contributed by atoms with van der Waals surface area (Å²) in [6.45, 7) is 3.98. The summed E-state index contributed by atoms with van der Waals surface area (Å²) in [6.07, 6.45) is 5.41. The van der Waals surface area contributed by atoms with Crippen LogP contribution in [0.25, 0.3) is 0 Å². The van der Waals surface area contributed by atoms with E-state index in [0.29, 0.717) is 5.69 Å². The van der Waals surface area contributed by atoms with Gasteiger partial charge in [-0.25, -0.2) is 4.39 Å². The van der Waals surface area contributed by atoms with E-state index in [4.69, 9.17) is 17.3 Å². The molecule has 1 aliphatic carbocycles. The topological polar surface area (TPSA) is 32.5 Å². The Hall–Kier alpha value is -1.00. The highest BCUT2D eigenvalue weighted by atomic mass is 35.5. The van der Waals surface area contributed by atoms with Gasteiger partial charge in [0.1, 0.15) is 5.82 Å². The maximum atomic E-state index is 13.4. The molecule has 1 saturated carbocycles. The lowest BCUT2D eigenvalue weighted by Crippen LogP contribution is -2.49. The molecule has 0 amide bonds. The van der Waals surface area contributed by atoms with Crippen LogP contribution in [-0.4, -0.2) is 37.1 Å². The minimum absolute atomic E-state index is 0.146. The standard InChI is InChI=1S/C15H21ClFN3/c16-12-9-15(14(18)10-13(12)17)20-7-5-19(6-8-20)11-3-1-2-4-11/h9-11H,1-8,18H2. The fraction of sp³-hybridized carbons (Fsp3) is 0.600. The van der Waals surface area contributed by atoms with Crippen molar-refractivity contribution in [3.63, 3.8) is 0 Å². The van der Waals surface area contributed by atoms with Crippen LogP contribution in [0.15, 0.2) is 12.1 Å². The number of anilines is 2. The van der Waals surface area contributed by atoms with Crippen LogP contribution in [0.1, 0.15) is 25.7 Å². The van der Waals surface area contributed by atoms with Crippen molar-refractivity contribution in [2.75, 3.05) is 36.8 Å². The van der Waals surface area contributed by atoms with Crippen molar-refractivity contribution in [2.24, 2.45) is 0 Å². The Morgan fingerprint density at radius 3 is 2.40 bits per heavy atom. The van der Waals surface area contributed by atoms with Crippen LogP contribution >= 0.6 is 11.6 Å². The third-order valence-electron chi connectivity index (χ3n) is 4.57. The fourth-order valence-electron chi connectivity index (χ4n) is 3.42. The number of nitrogens with zero attached hydrogens (tertiary/aromatic N) is 2. The molecule has 1 heterocycles. The zero-order valence-electron chi connectivity index (χ0n) is 11.6. The molecule has 5 heteroatoms. The molecule has 0 unspecified atom stereocenters. The SMILES string of the molecule is Nc1cc(F)c(Cl)cc1N1CCN(C2CCCC2)CC1. The van der Waals surface area contributed by atoms with Gasteiger partial charge in [-0.1, -0.05) is 24.4 Å². The molecule has 20 heavy (non-hydrogen) atoms. The Labute approximate surface area is 124 Å². The summed E-state index contributed by atoms with van der Waals surface area (Å²) in [7, 11) is 0. The summed E-state index contributed by atoms with van der Waals surface area (Å²) < 4.78 is 13.4. The molecule has 0 bridgehead atoms. The zero-order valence-corrected chi connectivity index (χ0v) is 12.4. The van der Waals surface area contributed by atoms with Gasteiger partial charge in [-0.15, -0.1) is 0 Å². The molecule has 1 aromatic carbocycles. The molecule has 3 rings (SSSR count). The monoisotopic (exact) mass is 297 g/mol. The number of rotatable bonds is 2. The third-order valence-corrected chi connectivity index (χ3v) is 4.86. The van der Waals surface area contributed by atoms with Crippen molar-refractivity contribution in [2.45, 2.75) is 31.7 Å². The Balaban J connectivity index is 1.67. The Morgan fingerprint density at radius 2 is 1.75 bits per heavy atom. The van der Waals surface area contributed by atoms with Crippen molar-refractivity contribution < 1.29 is 4.39 Å². The second kappa shape index (κ2) is 5.78. The molecule has 1 saturated heterocycles. The lowest BCUT2D eigenvalue weighted by molar-refractivity contribution is 0.187. The highest BCUT2D eigenvalue weighted by Gasteiger charge is 2.26. The molecular formula is C15H21ClFN3. The third kappa shape index (κ3) is 2.72. The smallest absolute Gasteiger partial charge is 0.143 e. The van der Waals surface area contributed by atoms with Crippen molar-refractivity contribution in [1.82, 2.24) is 4.90 Å². The van der Waals surface area contributed by atoms with Gasteiger partial charge in [0.2, 0.25) is 0 Å². The van der Waals surface area contributed by atoms with Crippen LogP contribution in [0.2, 0.25) is 5.02 Å². The number of benzene rings is 1. The fourth-order valence-corrected chi connectivity index (χ4v) is 3.58. The predicted molar refractivity (Wildman–Crippen MR) is 81.9 cm³/mol. The van der Waals surface area contributed by atoms with Gasteiger partial charge in [0.15, 0.2) is 0 Å². The molecule has 0 radical (unpaired) electrons. The number of nitrogen functional groups attached to an aromatic ring is 1. The van der Waals surface area contributed by atoms with E-state index in [-0.39, 0.29) is 5.02 Å². The second-order valence-electron chi connectivity index (χ2n) is 5.79. The zero-order chi connectivity index (χ0) is 14.1. The van der Waals surface area contributed by atoms with E-state index in [1.165, 1.54) is 31.7 Å². The summed E-state index contributed by atoms with van der Waals surface area (Å²) in [5, 5.41) is 0.146. The summed E-state index contributed by atoms with van der Waals surface area (Å²) >= 11 is 5.87. The first kappa shape index (κ1) is 14.0. The van der Waals surface area contributed by atoms with Crippen molar-refractivity contribution >= 4 is 23.0 Å². The predicted octanol–water partition coefficient (Wildman–Crippen LogP) is 3.13. The first-order valence-corrected chi connectivity index (χ1v) is 7.76. The molecule has 1 aromatic rings. The van der Waals surface area contributed by atoms with Gasteiger partial charge in [0.25, 0.3) is 0 Å². The average molecular weight is 298 g/mol. The highest BCUT2D eigenvalue weighted by Crippen LogP contribution is 2.31. The summed E-state index contributed by atoms with van der Waals surface area (Å²) in [5.41, 5.74) is 7.26. The van der Waals surface area contributed by atoms with Gasteiger partial charge in [-0.2, -0.15) is 0 Å². The quantitative estimate of drug-likeness (QED) is 0.851. The van der Waals surface area contributed by atoms with Gasteiger partial charge >= 0.3 is 0 Å². The van der Waals surface area contributed by atoms with E-state index in [0.717, 1.165) is 37.9 Å². The minimum atomic E-state index is -0.447. The number of halogens is 2. The molecule has 1 aliphatic heterocycles. The normalized spacial score (nSPS) is 21.6. The Morgan fingerprint density at radius 1 is 1.10 bits per heavy atom. The van der Waals surface area contributed by atoms with Crippen LogP contribution in [-0.2, 0) is 0 Å². The maximum Gasteiger partial charge on any atom is 0.143 e. The van der Waals surface area contributed by atoms with E-state index in [9.17, 15) is 4.39 Å². The lowest BCUT2D eigenvalue weighted by Gasteiger charge is -2.39. The minimum Gasteiger partial charge on any atom is -0.397 e. The van der Waals surface area contributed by atoms with Crippen LogP contribution in [0.3, 0.4) is 0 Å². The van der Waals surface area contributed by atoms with Gasteiger partial charge < -0.3 is 10.6 Å². The van der Waals surface area contributed by atoms with E-state index in [1.807, 2.05) is 0 Å². The lowest BCUT2D eigenvalue weighted by atomic mass is 10.1. The molecule has 3 nitrogen and oxygen atoms in total. The molecule has 0 aromatic heterocycles. The van der Waals surface area contributed by atoms with Crippen molar-refractivity contribution in [1.29, 1.82) is 0 Å². The van der Waals surface area contributed by atoms with E-state index in [1.54, 1.807) is 6.07 Å². The Kier molecular flexibility index (Phi) is 4.03. The maximum absolute atomic E-state index is 13.4. The van der Waals surface area contributed by atoms with E-state index < -0.39 is 5.82 Å². The van der Waals surface area contributed by atoms with Crippen LogP contribution in [0.5, 0.6) is 0 Å². The number of hydrogen-bond donors (Lipinski definition) is 1. The molecular weight excluding hydrogens is 277 g/mol. The molecule has 2 fully saturated rings. The summed E-state index contributed by atoms with van der Waals surface area (Å²) in [6, 6.07) is 3.74. The van der Waals surface area contributed by atoms with E-state index in [2.05, 4.69) is 9.80 Å². The molecule has 0 spiro atoms. The summed E-state index contributed by atoms with van der Waals surface area (Å²) in [4.78, 5) is 4.80. The van der Waals surface area contributed by atoms with Crippen LogP contribution in [0.4, 0.5) is 15.8 Å². The molecule has 110 valence electrons. The van der Waals surface area contributed by atoms with Gasteiger partial charge in [0.05, 0.1) is 16.4 Å². The van der Waals surface area contributed by atoms with Crippen LogP contribution in [0, 0.1) is 5.82 Å². The number of hydrogen-bond acceptors (Lipinski definition) is 3. The second-order valence-corrected chi connectivity index (χ2v) is 6.19. The summed E-state index contributed by atoms with van der Waals surface area (Å²) in [5.74, 6) is -0.447. The van der Waals surface area contributed by atoms with Gasteiger partial charge in [-0.3, -0.25) is 4.90 Å². The molecule has 2 N–H and O–H groups in total. The number of nitrogens with two attached hydrogens (primary N) is 1. The molecule has 0 atom stereocenters. The first-order chi connectivity index (χ1) is 9.65. The largest absolute Gasteiger partial charge is 0.397 e. The average Bonchev–Trinajstić information content (AvgIpc) is 2.97. The van der Waals surface area contributed by atoms with Crippen LogP contribution < -0.4 is 10.6 Å². The number of piperazine rings is 1. The highest BCUT2D eigenvalue weighted by molar-refractivity contribution is 6.31. The van der Waals surface area contributed by atoms with Gasteiger partial charge in [-0.05, 0) is 18.9 Å². The molecule has 2 aliphatic rings. The van der Waals surface area contributed by atoms with Crippen molar-refractivity contribution in [3.8, 4) is 0 Å². The van der Waals surface area contributed by atoms with E-state index >= 15 is 0 Å².